The standard InChI is InChI=1S/C18H28N4O2/c1-6-7-12-20-16-14(13(2)21-17(19)22-16)10-8-9-11-15(23)24-18(3,4)5/h6-7,9,11-12H2,1-5H3,(H3,19,20,21,22). The van der Waals surface area contributed by atoms with Gasteiger partial charge < -0.3 is 15.8 Å². The van der Waals surface area contributed by atoms with Gasteiger partial charge in [0, 0.05) is 13.0 Å². The molecule has 6 heteroatoms. The Hall–Kier alpha value is -2.29. The molecule has 0 atom stereocenters. The highest BCUT2D eigenvalue weighted by atomic mass is 16.6. The van der Waals surface area contributed by atoms with Crippen LogP contribution in [0.5, 0.6) is 0 Å². The summed E-state index contributed by atoms with van der Waals surface area (Å²) in [4.78, 5) is 20.1. The number of esters is 1. The summed E-state index contributed by atoms with van der Waals surface area (Å²) in [7, 11) is 0. The molecule has 0 bridgehead atoms. The van der Waals surface area contributed by atoms with Crippen molar-refractivity contribution in [2.24, 2.45) is 0 Å². The maximum Gasteiger partial charge on any atom is 0.307 e. The SMILES string of the molecule is CCCCNc1nc(N)nc(C)c1C#CCCC(=O)OC(C)(C)C. The average molecular weight is 332 g/mol. The summed E-state index contributed by atoms with van der Waals surface area (Å²) in [5, 5.41) is 3.25. The Kier molecular flexibility index (Phi) is 7.50. The number of carbonyl (C=O) groups is 1. The second-order valence-corrected chi connectivity index (χ2v) is 6.56. The number of anilines is 2. The summed E-state index contributed by atoms with van der Waals surface area (Å²) < 4.78 is 5.26. The van der Waals surface area contributed by atoms with Crippen LogP contribution in [0.25, 0.3) is 0 Å². The van der Waals surface area contributed by atoms with Crippen LogP contribution in [0.2, 0.25) is 0 Å². The Labute approximate surface area is 144 Å². The van der Waals surface area contributed by atoms with Crippen molar-refractivity contribution in [3.63, 3.8) is 0 Å². The van der Waals surface area contributed by atoms with Crippen LogP contribution in [-0.4, -0.2) is 28.1 Å². The van der Waals surface area contributed by atoms with Crippen LogP contribution in [0.15, 0.2) is 0 Å². The van der Waals surface area contributed by atoms with Crippen LogP contribution < -0.4 is 11.1 Å². The van der Waals surface area contributed by atoms with E-state index in [9.17, 15) is 4.79 Å². The molecule has 1 rings (SSSR count). The molecular weight excluding hydrogens is 304 g/mol. The Morgan fingerprint density at radius 2 is 2.04 bits per heavy atom. The third-order valence-corrected chi connectivity index (χ3v) is 3.02. The molecule has 0 radical (unpaired) electrons. The summed E-state index contributed by atoms with van der Waals surface area (Å²) in [5.41, 5.74) is 6.70. The molecule has 0 aliphatic carbocycles. The number of aryl methyl sites for hydroxylation is 1. The van der Waals surface area contributed by atoms with Crippen LogP contribution in [0.4, 0.5) is 11.8 Å². The maximum absolute atomic E-state index is 11.7. The summed E-state index contributed by atoms with van der Waals surface area (Å²) in [6.07, 6.45) is 2.81. The minimum absolute atomic E-state index is 0.228. The van der Waals surface area contributed by atoms with E-state index >= 15 is 0 Å². The Balaban J connectivity index is 2.75. The molecule has 3 N–H and O–H groups in total. The molecule has 0 aliphatic rings. The van der Waals surface area contributed by atoms with Crippen molar-refractivity contribution in [1.29, 1.82) is 0 Å². The molecule has 0 amide bonds. The number of nitrogens with two attached hydrogens (primary N) is 1. The number of hydrogen-bond donors (Lipinski definition) is 2. The van der Waals surface area contributed by atoms with Crippen molar-refractivity contribution in [1.82, 2.24) is 9.97 Å². The quantitative estimate of drug-likeness (QED) is 0.473. The van der Waals surface area contributed by atoms with E-state index < -0.39 is 5.60 Å². The molecule has 1 aromatic rings. The molecule has 0 aliphatic heterocycles. The third kappa shape index (κ3) is 7.32. The molecule has 0 spiro atoms. The van der Waals surface area contributed by atoms with Gasteiger partial charge in [0.15, 0.2) is 0 Å². The maximum atomic E-state index is 11.7. The lowest BCUT2D eigenvalue weighted by Crippen LogP contribution is -2.23. The van der Waals surface area contributed by atoms with Gasteiger partial charge in [0.2, 0.25) is 5.95 Å². The number of unbranched alkanes of at least 4 members (excludes halogenated alkanes) is 1. The van der Waals surface area contributed by atoms with Crippen molar-refractivity contribution in [2.45, 2.75) is 65.9 Å². The van der Waals surface area contributed by atoms with E-state index in [1.165, 1.54) is 0 Å². The van der Waals surface area contributed by atoms with Gasteiger partial charge in [0.25, 0.3) is 0 Å². The highest BCUT2D eigenvalue weighted by Crippen LogP contribution is 2.16. The van der Waals surface area contributed by atoms with Crippen LogP contribution in [0.3, 0.4) is 0 Å². The summed E-state index contributed by atoms with van der Waals surface area (Å²) >= 11 is 0. The van der Waals surface area contributed by atoms with Crippen molar-refractivity contribution in [3.8, 4) is 11.8 Å². The molecule has 1 heterocycles. The fourth-order valence-electron chi connectivity index (χ4n) is 1.96. The van der Waals surface area contributed by atoms with E-state index in [0.29, 0.717) is 12.2 Å². The molecule has 24 heavy (non-hydrogen) atoms. The zero-order valence-corrected chi connectivity index (χ0v) is 15.3. The molecule has 0 aromatic carbocycles. The van der Waals surface area contributed by atoms with E-state index in [2.05, 4.69) is 34.0 Å². The van der Waals surface area contributed by atoms with Gasteiger partial charge in [0.05, 0.1) is 17.7 Å². The lowest BCUT2D eigenvalue weighted by molar-refractivity contribution is -0.154. The van der Waals surface area contributed by atoms with Crippen molar-refractivity contribution in [3.05, 3.63) is 11.3 Å². The van der Waals surface area contributed by atoms with Crippen LogP contribution in [0.1, 0.15) is 64.6 Å². The number of ether oxygens (including phenoxy) is 1. The highest BCUT2D eigenvalue weighted by molar-refractivity contribution is 5.70. The Bertz CT molecular complexity index is 624. The zero-order chi connectivity index (χ0) is 18.2. The number of aromatic nitrogens is 2. The van der Waals surface area contributed by atoms with Crippen molar-refractivity contribution < 1.29 is 9.53 Å². The number of rotatable bonds is 6. The topological polar surface area (TPSA) is 90.1 Å². The summed E-state index contributed by atoms with van der Waals surface area (Å²) in [5.74, 6) is 6.68. The number of carbonyl (C=O) groups excluding carboxylic acids is 1. The van der Waals surface area contributed by atoms with Gasteiger partial charge in [0.1, 0.15) is 11.4 Å². The molecule has 0 fully saturated rings. The number of nitrogens with zero attached hydrogens (tertiary/aromatic N) is 2. The fraction of sp³-hybridized carbons (Fsp3) is 0.611. The lowest BCUT2D eigenvalue weighted by Gasteiger charge is -2.18. The first-order chi connectivity index (χ1) is 11.2. The largest absolute Gasteiger partial charge is 0.460 e. The van der Waals surface area contributed by atoms with Gasteiger partial charge >= 0.3 is 5.97 Å². The first-order valence-electron chi connectivity index (χ1n) is 8.31. The number of nitrogen functional groups attached to an aromatic ring is 1. The Morgan fingerprint density at radius 1 is 1.33 bits per heavy atom. The molecule has 0 saturated heterocycles. The first kappa shape index (κ1) is 19.8. The molecule has 6 nitrogen and oxygen atoms in total. The molecule has 132 valence electrons. The van der Waals surface area contributed by atoms with Gasteiger partial charge in [-0.2, -0.15) is 4.98 Å². The normalized spacial score (nSPS) is 10.7. The number of nitrogens with one attached hydrogen (secondary N) is 1. The predicted molar refractivity (Wildman–Crippen MR) is 96.5 cm³/mol. The van der Waals surface area contributed by atoms with Gasteiger partial charge in [-0.25, -0.2) is 4.98 Å². The van der Waals surface area contributed by atoms with E-state index in [0.717, 1.165) is 30.6 Å². The fourth-order valence-corrected chi connectivity index (χ4v) is 1.96. The Morgan fingerprint density at radius 3 is 2.67 bits per heavy atom. The summed E-state index contributed by atoms with van der Waals surface area (Å²) in [6, 6.07) is 0. The average Bonchev–Trinajstić information content (AvgIpc) is 2.43. The van der Waals surface area contributed by atoms with Crippen LogP contribution in [0, 0.1) is 18.8 Å². The minimum atomic E-state index is -0.470. The molecular formula is C18H28N4O2. The van der Waals surface area contributed by atoms with Crippen LogP contribution in [-0.2, 0) is 9.53 Å². The summed E-state index contributed by atoms with van der Waals surface area (Å²) in [6.45, 7) is 10.3. The molecule has 0 saturated carbocycles. The van der Waals surface area contributed by atoms with Gasteiger partial charge in [-0.05, 0) is 34.1 Å². The van der Waals surface area contributed by atoms with Crippen LogP contribution >= 0.6 is 0 Å². The molecule has 0 unspecified atom stereocenters. The highest BCUT2D eigenvalue weighted by Gasteiger charge is 2.15. The van der Waals surface area contributed by atoms with E-state index in [-0.39, 0.29) is 18.3 Å². The zero-order valence-electron chi connectivity index (χ0n) is 15.3. The predicted octanol–water partition coefficient (Wildman–Crippen LogP) is 3.05. The smallest absolute Gasteiger partial charge is 0.307 e. The van der Waals surface area contributed by atoms with Crippen molar-refractivity contribution >= 4 is 17.7 Å². The minimum Gasteiger partial charge on any atom is -0.460 e. The monoisotopic (exact) mass is 332 g/mol. The number of hydrogen-bond acceptors (Lipinski definition) is 6. The first-order valence-corrected chi connectivity index (χ1v) is 8.31. The lowest BCUT2D eigenvalue weighted by atomic mass is 10.2. The van der Waals surface area contributed by atoms with E-state index in [1.54, 1.807) is 0 Å². The second-order valence-electron chi connectivity index (χ2n) is 6.56. The van der Waals surface area contributed by atoms with Crippen molar-refractivity contribution in [2.75, 3.05) is 17.6 Å². The van der Waals surface area contributed by atoms with Gasteiger partial charge in [-0.15, -0.1) is 0 Å². The third-order valence-electron chi connectivity index (χ3n) is 3.02. The second kappa shape index (κ2) is 9.11. The van der Waals surface area contributed by atoms with Gasteiger partial charge in [-0.1, -0.05) is 25.2 Å². The van der Waals surface area contributed by atoms with E-state index in [1.807, 2.05) is 27.7 Å². The van der Waals surface area contributed by atoms with Gasteiger partial charge in [-0.3, -0.25) is 4.79 Å². The van der Waals surface area contributed by atoms with E-state index in [4.69, 9.17) is 10.5 Å². The molecule has 1 aromatic heterocycles.